The first kappa shape index (κ1) is 8.27. The van der Waals surface area contributed by atoms with Gasteiger partial charge in [0.2, 0.25) is 0 Å². The molecule has 2 aliphatic rings. The molecule has 0 atom stereocenters. The maximum Gasteiger partial charge on any atom is 0.0811 e. The van der Waals surface area contributed by atoms with Gasteiger partial charge in [0, 0.05) is 19.6 Å². The van der Waals surface area contributed by atoms with E-state index < -0.39 is 0 Å². The Morgan fingerprint density at radius 1 is 1.58 bits per heavy atom. The van der Waals surface area contributed by atoms with Crippen LogP contribution in [-0.2, 0) is 4.74 Å². The molecule has 1 spiro atoms. The fraction of sp³-hybridized carbons (Fsp3) is 0.800. The standard InChI is InChI=1S/C10H17NO/c1-9(2)7-11-5-6-12-10(8-11)3-4-10/h1,3-8H2,2H3. The van der Waals surface area contributed by atoms with E-state index in [1.54, 1.807) is 0 Å². The predicted octanol–water partition coefficient (Wildman–Crippen LogP) is 1.43. The van der Waals surface area contributed by atoms with Crippen LogP contribution in [0.1, 0.15) is 19.8 Å². The number of hydrogen-bond acceptors (Lipinski definition) is 2. The van der Waals surface area contributed by atoms with E-state index in [0.717, 1.165) is 26.2 Å². The SMILES string of the molecule is C=C(C)CN1CCOC2(CC2)C1. The van der Waals surface area contributed by atoms with E-state index >= 15 is 0 Å². The van der Waals surface area contributed by atoms with Gasteiger partial charge in [-0.15, -0.1) is 0 Å². The summed E-state index contributed by atoms with van der Waals surface area (Å²) in [7, 11) is 0. The summed E-state index contributed by atoms with van der Waals surface area (Å²) in [5, 5.41) is 0. The number of nitrogens with zero attached hydrogens (tertiary/aromatic N) is 1. The summed E-state index contributed by atoms with van der Waals surface area (Å²) < 4.78 is 5.72. The van der Waals surface area contributed by atoms with Crippen molar-refractivity contribution in [1.82, 2.24) is 4.90 Å². The van der Waals surface area contributed by atoms with Crippen molar-refractivity contribution in [2.24, 2.45) is 0 Å². The Balaban J connectivity index is 1.86. The molecule has 0 aromatic heterocycles. The van der Waals surface area contributed by atoms with Crippen molar-refractivity contribution in [2.45, 2.75) is 25.4 Å². The van der Waals surface area contributed by atoms with Crippen LogP contribution in [0.4, 0.5) is 0 Å². The van der Waals surface area contributed by atoms with Crippen molar-refractivity contribution in [3.8, 4) is 0 Å². The molecule has 68 valence electrons. The molecule has 12 heavy (non-hydrogen) atoms. The van der Waals surface area contributed by atoms with Crippen molar-refractivity contribution in [3.05, 3.63) is 12.2 Å². The average Bonchev–Trinajstić information content (AvgIpc) is 2.68. The van der Waals surface area contributed by atoms with Crippen molar-refractivity contribution in [3.63, 3.8) is 0 Å². The van der Waals surface area contributed by atoms with Crippen molar-refractivity contribution in [1.29, 1.82) is 0 Å². The highest BCUT2D eigenvalue weighted by Gasteiger charge is 2.47. The molecule has 1 aliphatic heterocycles. The molecule has 1 saturated carbocycles. The second-order valence-corrected chi connectivity index (χ2v) is 4.20. The minimum absolute atomic E-state index is 0.272. The minimum atomic E-state index is 0.272. The lowest BCUT2D eigenvalue weighted by Crippen LogP contribution is -2.44. The van der Waals surface area contributed by atoms with Crippen molar-refractivity contribution in [2.75, 3.05) is 26.2 Å². The number of rotatable bonds is 2. The quantitative estimate of drug-likeness (QED) is 0.577. The lowest BCUT2D eigenvalue weighted by atomic mass is 10.2. The molecule has 1 heterocycles. The maximum atomic E-state index is 5.72. The smallest absolute Gasteiger partial charge is 0.0811 e. The Hall–Kier alpha value is -0.340. The van der Waals surface area contributed by atoms with E-state index in [4.69, 9.17) is 4.74 Å². The first-order valence-corrected chi connectivity index (χ1v) is 4.71. The van der Waals surface area contributed by atoms with Crippen LogP contribution < -0.4 is 0 Å². The van der Waals surface area contributed by atoms with Gasteiger partial charge in [-0.25, -0.2) is 0 Å². The van der Waals surface area contributed by atoms with Gasteiger partial charge in [-0.05, 0) is 19.8 Å². The summed E-state index contributed by atoms with van der Waals surface area (Å²) in [6.07, 6.45) is 2.53. The van der Waals surface area contributed by atoms with Crippen molar-refractivity contribution >= 4 is 0 Å². The Kier molecular flexibility index (Phi) is 1.97. The molecule has 2 rings (SSSR count). The molecule has 0 radical (unpaired) electrons. The van der Waals surface area contributed by atoms with Crippen LogP contribution in [-0.4, -0.2) is 36.7 Å². The topological polar surface area (TPSA) is 12.5 Å². The van der Waals surface area contributed by atoms with E-state index in [1.807, 2.05) is 0 Å². The average molecular weight is 167 g/mol. The zero-order valence-corrected chi connectivity index (χ0v) is 7.81. The van der Waals surface area contributed by atoms with Gasteiger partial charge in [0.25, 0.3) is 0 Å². The van der Waals surface area contributed by atoms with Gasteiger partial charge in [0.1, 0.15) is 0 Å². The Labute approximate surface area is 74.2 Å². The van der Waals surface area contributed by atoms with Crippen LogP contribution in [0, 0.1) is 0 Å². The normalized spacial score (nSPS) is 27.4. The Morgan fingerprint density at radius 3 is 2.92 bits per heavy atom. The third-order valence-electron chi connectivity index (χ3n) is 2.63. The fourth-order valence-corrected chi connectivity index (χ4v) is 1.88. The van der Waals surface area contributed by atoms with E-state index in [-0.39, 0.29) is 5.60 Å². The predicted molar refractivity (Wildman–Crippen MR) is 49.2 cm³/mol. The molecule has 2 fully saturated rings. The first-order chi connectivity index (χ1) is 5.70. The summed E-state index contributed by atoms with van der Waals surface area (Å²) in [6.45, 7) is 10.2. The van der Waals surface area contributed by atoms with E-state index in [2.05, 4.69) is 18.4 Å². The molecule has 0 bridgehead atoms. The molecule has 0 N–H and O–H groups in total. The molecule has 2 heteroatoms. The van der Waals surface area contributed by atoms with Crippen LogP contribution in [0.15, 0.2) is 12.2 Å². The molecular weight excluding hydrogens is 150 g/mol. The largest absolute Gasteiger partial charge is 0.372 e. The molecule has 2 nitrogen and oxygen atoms in total. The third-order valence-corrected chi connectivity index (χ3v) is 2.63. The first-order valence-electron chi connectivity index (χ1n) is 4.71. The molecule has 0 unspecified atom stereocenters. The van der Waals surface area contributed by atoms with Crippen LogP contribution in [0.3, 0.4) is 0 Å². The molecular formula is C10H17NO. The Morgan fingerprint density at radius 2 is 2.33 bits per heavy atom. The highest BCUT2D eigenvalue weighted by atomic mass is 16.5. The second kappa shape index (κ2) is 2.86. The summed E-state index contributed by atoms with van der Waals surface area (Å²) in [5.74, 6) is 0. The highest BCUT2D eigenvalue weighted by Crippen LogP contribution is 2.41. The number of ether oxygens (including phenoxy) is 1. The molecule has 1 aliphatic carbocycles. The molecule has 0 amide bonds. The lowest BCUT2D eigenvalue weighted by molar-refractivity contribution is -0.0429. The van der Waals surface area contributed by atoms with Gasteiger partial charge in [0.05, 0.1) is 12.2 Å². The van der Waals surface area contributed by atoms with Crippen LogP contribution >= 0.6 is 0 Å². The molecule has 1 saturated heterocycles. The maximum absolute atomic E-state index is 5.72. The molecule has 0 aromatic rings. The number of hydrogen-bond donors (Lipinski definition) is 0. The lowest BCUT2D eigenvalue weighted by Gasteiger charge is -2.33. The van der Waals surface area contributed by atoms with Crippen molar-refractivity contribution < 1.29 is 4.74 Å². The van der Waals surface area contributed by atoms with Crippen LogP contribution in [0.25, 0.3) is 0 Å². The van der Waals surface area contributed by atoms with E-state index in [0.29, 0.717) is 0 Å². The highest BCUT2D eigenvalue weighted by molar-refractivity contribution is 5.02. The summed E-state index contributed by atoms with van der Waals surface area (Å²) in [4.78, 5) is 2.46. The Bertz CT molecular complexity index is 196. The van der Waals surface area contributed by atoms with Gasteiger partial charge in [-0.1, -0.05) is 12.2 Å². The summed E-state index contributed by atoms with van der Waals surface area (Å²) in [5.41, 5.74) is 1.53. The zero-order valence-electron chi connectivity index (χ0n) is 7.81. The van der Waals surface area contributed by atoms with E-state index in [1.165, 1.54) is 18.4 Å². The van der Waals surface area contributed by atoms with Gasteiger partial charge in [-0.3, -0.25) is 4.90 Å². The van der Waals surface area contributed by atoms with Gasteiger partial charge in [0.15, 0.2) is 0 Å². The number of morpholine rings is 1. The minimum Gasteiger partial charge on any atom is -0.372 e. The monoisotopic (exact) mass is 167 g/mol. The summed E-state index contributed by atoms with van der Waals surface area (Å²) >= 11 is 0. The third kappa shape index (κ3) is 1.70. The zero-order chi connectivity index (χ0) is 8.60. The summed E-state index contributed by atoms with van der Waals surface area (Å²) in [6, 6.07) is 0. The van der Waals surface area contributed by atoms with Gasteiger partial charge >= 0.3 is 0 Å². The fourth-order valence-electron chi connectivity index (χ4n) is 1.88. The van der Waals surface area contributed by atoms with Crippen LogP contribution in [0.2, 0.25) is 0 Å². The second-order valence-electron chi connectivity index (χ2n) is 4.20. The van der Waals surface area contributed by atoms with E-state index in [9.17, 15) is 0 Å². The van der Waals surface area contributed by atoms with Gasteiger partial charge < -0.3 is 4.74 Å². The van der Waals surface area contributed by atoms with Gasteiger partial charge in [-0.2, -0.15) is 0 Å². The molecule has 0 aromatic carbocycles. The van der Waals surface area contributed by atoms with Crippen LogP contribution in [0.5, 0.6) is 0 Å².